The number of carbonyl (C=O) groups excluding carboxylic acids is 5. The van der Waals surface area contributed by atoms with Gasteiger partial charge >= 0.3 is 0 Å². The average Bonchev–Trinajstić information content (AvgIpc) is 3.53. The summed E-state index contributed by atoms with van der Waals surface area (Å²) in [5, 5.41) is 10.9. The average molecular weight is 799 g/mol. The number of amides is 4. The predicted octanol–water partition coefficient (Wildman–Crippen LogP) is 3.60. The normalized spacial score (nSPS) is 23.6. The zero-order chi connectivity index (χ0) is 38.3. The van der Waals surface area contributed by atoms with E-state index in [-0.39, 0.29) is 68.0 Å². The number of likely N-dealkylation sites (N-methyl/N-ethyl adjacent to an activating group) is 1. The monoisotopic (exact) mass is 797 g/mol. The lowest BCUT2D eigenvalue weighted by molar-refractivity contribution is -0.138. The Morgan fingerprint density at radius 1 is 1.06 bits per heavy atom. The maximum Gasteiger partial charge on any atom is 0.248 e. The SMILES string of the molecule is CC(=O)N[C@@H]1C/C=C/COCc2ccc(Br)nc2NC(=O)[C@@H]2C[C@]3(C[C@H]3N2C(=O)Cn2nc(C(C)=O)c3cc(-c4cnc(C)nc4)ccc32)CN(C)C1=O. The van der Waals surface area contributed by atoms with Crippen molar-refractivity contribution < 1.29 is 28.7 Å². The van der Waals surface area contributed by atoms with Gasteiger partial charge in [0.15, 0.2) is 5.78 Å². The zero-order valence-electron chi connectivity index (χ0n) is 30.3. The third-order valence-electron chi connectivity index (χ3n) is 10.3. The molecule has 4 atom stereocenters. The molecule has 5 heterocycles. The minimum absolute atomic E-state index is 0.139. The lowest BCUT2D eigenvalue weighted by Gasteiger charge is -2.28. The van der Waals surface area contributed by atoms with Crippen molar-refractivity contribution in [3.8, 4) is 11.1 Å². The largest absolute Gasteiger partial charge is 0.373 e. The number of anilines is 1. The number of hydrogen-bond donors (Lipinski definition) is 2. The van der Waals surface area contributed by atoms with E-state index in [1.807, 2.05) is 18.2 Å². The molecule has 1 saturated heterocycles. The quantitative estimate of drug-likeness (QED) is 0.172. The summed E-state index contributed by atoms with van der Waals surface area (Å²) in [7, 11) is 1.68. The van der Waals surface area contributed by atoms with Gasteiger partial charge in [0.25, 0.3) is 0 Å². The second kappa shape index (κ2) is 14.8. The van der Waals surface area contributed by atoms with Gasteiger partial charge in [-0.25, -0.2) is 15.0 Å². The van der Waals surface area contributed by atoms with Crippen LogP contribution in [0.15, 0.2) is 59.5 Å². The number of aryl methyl sites for hydroxylation is 1. The summed E-state index contributed by atoms with van der Waals surface area (Å²) >= 11 is 3.40. The fourth-order valence-corrected chi connectivity index (χ4v) is 7.95. The lowest BCUT2D eigenvalue weighted by Crippen LogP contribution is -2.48. The third-order valence-corrected chi connectivity index (χ3v) is 10.7. The number of ketones is 1. The predicted molar refractivity (Wildman–Crippen MR) is 201 cm³/mol. The fraction of sp³-hybridized carbons (Fsp3) is 0.395. The maximum atomic E-state index is 14.5. The van der Waals surface area contributed by atoms with Crippen molar-refractivity contribution in [1.82, 2.24) is 39.8 Å². The van der Waals surface area contributed by atoms with E-state index in [1.54, 1.807) is 60.4 Å². The molecule has 7 rings (SSSR count). The molecule has 0 unspecified atom stereocenters. The van der Waals surface area contributed by atoms with Crippen LogP contribution in [0.5, 0.6) is 0 Å². The highest BCUT2D eigenvalue weighted by Gasteiger charge is 2.67. The van der Waals surface area contributed by atoms with Crippen molar-refractivity contribution >= 4 is 62.1 Å². The number of nitrogens with zero attached hydrogens (tertiary/aromatic N) is 7. The molecule has 1 spiro atoms. The minimum Gasteiger partial charge on any atom is -0.373 e. The first-order valence-electron chi connectivity index (χ1n) is 17.7. The molecule has 2 bridgehead atoms. The number of hydrogen-bond acceptors (Lipinski definition) is 10. The van der Waals surface area contributed by atoms with E-state index in [0.29, 0.717) is 45.6 Å². The van der Waals surface area contributed by atoms with Crippen LogP contribution in [0, 0.1) is 12.3 Å². The van der Waals surface area contributed by atoms with E-state index in [2.05, 4.69) is 46.6 Å². The van der Waals surface area contributed by atoms with Crippen LogP contribution >= 0.6 is 15.9 Å². The number of ether oxygens (including phenoxy) is 1. The Morgan fingerprint density at radius 2 is 1.83 bits per heavy atom. The molecule has 4 amide bonds. The van der Waals surface area contributed by atoms with Crippen LogP contribution in [-0.4, -0.2) is 102 Å². The third kappa shape index (κ3) is 7.40. The first-order valence-corrected chi connectivity index (χ1v) is 18.5. The lowest BCUT2D eigenvalue weighted by atomic mass is 9.97. The molecule has 1 aromatic carbocycles. The van der Waals surface area contributed by atoms with Crippen LogP contribution < -0.4 is 10.6 Å². The van der Waals surface area contributed by atoms with E-state index in [0.717, 1.165) is 11.1 Å². The highest BCUT2D eigenvalue weighted by atomic mass is 79.9. The molecule has 2 N–H and O–H groups in total. The number of carbonyl (C=O) groups is 5. The first-order chi connectivity index (χ1) is 25.8. The van der Waals surface area contributed by atoms with Gasteiger partial charge in [0.05, 0.1) is 18.7 Å². The standard InChI is InChI=1S/C38H40BrN9O6/c1-21(49)34-27-13-24(26-16-40-22(2)41-17-26)8-10-29(27)47(45-34)18-33(51)48-30-14-38(15-31(38)48)20-46(4)37(53)28(42-23(3)50)7-5-6-12-54-19-25-9-11-32(39)43-35(25)44-36(30)52/h5-6,8-11,13,16-17,28,30-31H,7,12,14-15,18-20H2,1-4H3,(H,42,50)(H,43,44,52)/b6-5+/t28-,30+,31-,38+/m1/s1. The number of benzene rings is 1. The van der Waals surface area contributed by atoms with E-state index >= 15 is 0 Å². The van der Waals surface area contributed by atoms with Crippen molar-refractivity contribution in [3.05, 3.63) is 76.6 Å². The number of Topliss-reactive ketones (excluding diaryl/α,β-unsaturated/α-hetero) is 1. The molecule has 1 saturated carbocycles. The molecule has 16 heteroatoms. The number of piperidine rings is 1. The van der Waals surface area contributed by atoms with Gasteiger partial charge in [0, 0.05) is 67.8 Å². The van der Waals surface area contributed by atoms with Crippen molar-refractivity contribution in [2.24, 2.45) is 5.41 Å². The topological polar surface area (TPSA) is 182 Å². The Labute approximate surface area is 319 Å². The molecule has 54 heavy (non-hydrogen) atoms. The van der Waals surface area contributed by atoms with E-state index in [1.165, 1.54) is 18.5 Å². The molecule has 4 aromatic rings. The van der Waals surface area contributed by atoms with Crippen LogP contribution in [0.3, 0.4) is 0 Å². The number of pyridine rings is 1. The summed E-state index contributed by atoms with van der Waals surface area (Å²) in [5.74, 6) is -0.697. The Bertz CT molecular complexity index is 2200. The number of aromatic nitrogens is 5. The summed E-state index contributed by atoms with van der Waals surface area (Å²) < 4.78 is 7.87. The molecular formula is C38H40BrN9O6. The number of nitrogens with one attached hydrogen (secondary N) is 2. The van der Waals surface area contributed by atoms with Gasteiger partial charge in [-0.1, -0.05) is 24.3 Å². The number of likely N-dealkylation sites (tertiary alicyclic amines) is 1. The summed E-state index contributed by atoms with van der Waals surface area (Å²) in [6.45, 7) is 5.01. The second-order valence-corrected chi connectivity index (χ2v) is 15.0. The van der Waals surface area contributed by atoms with Gasteiger partial charge in [-0.3, -0.25) is 28.7 Å². The van der Waals surface area contributed by atoms with Crippen LogP contribution in [-0.2, 0) is 37.1 Å². The van der Waals surface area contributed by atoms with Crippen LogP contribution in [0.2, 0.25) is 0 Å². The van der Waals surface area contributed by atoms with Crippen molar-refractivity contribution in [1.29, 1.82) is 0 Å². The highest BCUT2D eigenvalue weighted by Crippen LogP contribution is 2.60. The molecule has 0 radical (unpaired) electrons. The van der Waals surface area contributed by atoms with Crippen LogP contribution in [0.1, 0.15) is 55.0 Å². The van der Waals surface area contributed by atoms with Gasteiger partial charge in [0.2, 0.25) is 23.6 Å². The molecule has 280 valence electrons. The van der Waals surface area contributed by atoms with Gasteiger partial charge in [-0.05, 0) is 65.9 Å². The minimum atomic E-state index is -0.889. The summed E-state index contributed by atoms with van der Waals surface area (Å²) in [4.78, 5) is 83.5. The molecule has 2 fully saturated rings. The van der Waals surface area contributed by atoms with E-state index < -0.39 is 23.4 Å². The maximum absolute atomic E-state index is 14.5. The molecule has 3 aliphatic rings. The Kier molecular flexibility index (Phi) is 10.2. The Balaban J connectivity index is 1.22. The fourth-order valence-electron chi connectivity index (χ4n) is 7.64. The second-order valence-electron chi connectivity index (χ2n) is 14.2. The van der Waals surface area contributed by atoms with E-state index in [4.69, 9.17) is 4.74 Å². The van der Waals surface area contributed by atoms with E-state index in [9.17, 15) is 24.0 Å². The van der Waals surface area contributed by atoms with Crippen molar-refractivity contribution in [2.45, 2.75) is 71.3 Å². The molecule has 15 nitrogen and oxygen atoms in total. The highest BCUT2D eigenvalue weighted by molar-refractivity contribution is 9.10. The van der Waals surface area contributed by atoms with Gasteiger partial charge in [0.1, 0.15) is 40.6 Å². The number of fused-ring (bicyclic) bond motifs is 3. The van der Waals surface area contributed by atoms with Crippen molar-refractivity contribution in [2.75, 3.05) is 25.5 Å². The molecule has 3 aromatic heterocycles. The summed E-state index contributed by atoms with van der Waals surface area (Å²) in [5.41, 5.74) is 2.46. The van der Waals surface area contributed by atoms with Crippen LogP contribution in [0.4, 0.5) is 5.82 Å². The first kappa shape index (κ1) is 37.0. The Morgan fingerprint density at radius 3 is 2.57 bits per heavy atom. The van der Waals surface area contributed by atoms with Crippen LogP contribution in [0.25, 0.3) is 22.0 Å². The number of rotatable bonds is 5. The number of halogens is 1. The van der Waals surface area contributed by atoms with Gasteiger partial charge in [-0.2, -0.15) is 5.10 Å². The summed E-state index contributed by atoms with van der Waals surface area (Å²) in [6, 6.07) is 7.05. The Hall–Kier alpha value is -5.35. The smallest absolute Gasteiger partial charge is 0.248 e. The molecule has 1 aliphatic carbocycles. The van der Waals surface area contributed by atoms with Crippen molar-refractivity contribution in [3.63, 3.8) is 0 Å². The van der Waals surface area contributed by atoms with Gasteiger partial charge < -0.3 is 25.2 Å². The van der Waals surface area contributed by atoms with Gasteiger partial charge in [-0.15, -0.1) is 0 Å². The molecular weight excluding hydrogens is 758 g/mol. The zero-order valence-corrected chi connectivity index (χ0v) is 31.9. The summed E-state index contributed by atoms with van der Waals surface area (Å²) in [6.07, 6.45) is 8.15. The molecule has 2 aliphatic heterocycles.